The van der Waals surface area contributed by atoms with Crippen LogP contribution >= 0.6 is 0 Å². The van der Waals surface area contributed by atoms with Crippen molar-refractivity contribution in [2.24, 2.45) is 5.73 Å². The van der Waals surface area contributed by atoms with Crippen molar-refractivity contribution < 1.29 is 4.79 Å². The number of amides is 1. The first-order valence-electron chi connectivity index (χ1n) is 7.50. The maximum Gasteiger partial charge on any atom is 0.236 e. The minimum Gasteiger partial charge on any atom is -0.340 e. The first-order valence-corrected chi connectivity index (χ1v) is 7.50. The van der Waals surface area contributed by atoms with Crippen LogP contribution in [0.2, 0.25) is 0 Å². The molecule has 1 saturated heterocycles. The summed E-state index contributed by atoms with van der Waals surface area (Å²) in [6.45, 7) is 5.94. The number of likely N-dealkylation sites (tertiary alicyclic amines) is 1. The van der Waals surface area contributed by atoms with E-state index in [0.717, 1.165) is 39.0 Å². The van der Waals surface area contributed by atoms with Gasteiger partial charge < -0.3 is 10.6 Å². The standard InChI is InChI=1S/C16H25N3O/c1-2-18(12-14-7-4-3-5-8-14)15-9-6-10-19(13-15)16(20)11-17/h3-5,7-8,15H,2,6,9-13,17H2,1H3/t15-/m1/s1. The topological polar surface area (TPSA) is 49.6 Å². The lowest BCUT2D eigenvalue weighted by Gasteiger charge is -2.39. The fraction of sp³-hybridized carbons (Fsp3) is 0.562. The normalized spacial score (nSPS) is 19.4. The van der Waals surface area contributed by atoms with Gasteiger partial charge in [0.2, 0.25) is 5.91 Å². The Bertz CT molecular complexity index is 421. The average molecular weight is 275 g/mol. The predicted octanol–water partition coefficient (Wildman–Crippen LogP) is 1.46. The molecular weight excluding hydrogens is 250 g/mol. The molecule has 2 N–H and O–H groups in total. The lowest BCUT2D eigenvalue weighted by molar-refractivity contribution is -0.131. The first-order chi connectivity index (χ1) is 9.74. The minimum absolute atomic E-state index is 0.0745. The fourth-order valence-electron chi connectivity index (χ4n) is 2.93. The van der Waals surface area contributed by atoms with Crippen molar-refractivity contribution in [3.05, 3.63) is 35.9 Å². The van der Waals surface area contributed by atoms with Crippen LogP contribution in [0.15, 0.2) is 30.3 Å². The third-order valence-corrected chi connectivity index (χ3v) is 4.07. The molecule has 1 atom stereocenters. The van der Waals surface area contributed by atoms with Gasteiger partial charge in [-0.25, -0.2) is 0 Å². The molecule has 2 rings (SSSR count). The smallest absolute Gasteiger partial charge is 0.236 e. The highest BCUT2D eigenvalue weighted by Gasteiger charge is 2.26. The SMILES string of the molecule is CCN(Cc1ccccc1)[C@@H]1CCCN(C(=O)CN)C1. The number of nitrogens with zero attached hydrogens (tertiary/aromatic N) is 2. The van der Waals surface area contributed by atoms with Crippen LogP contribution < -0.4 is 5.73 Å². The average Bonchev–Trinajstić information content (AvgIpc) is 2.53. The molecule has 1 aromatic rings. The van der Waals surface area contributed by atoms with Crippen molar-refractivity contribution in [1.29, 1.82) is 0 Å². The van der Waals surface area contributed by atoms with Crippen LogP contribution in [0.3, 0.4) is 0 Å². The molecule has 0 aliphatic carbocycles. The van der Waals surface area contributed by atoms with E-state index < -0.39 is 0 Å². The Morgan fingerprint density at radius 2 is 2.15 bits per heavy atom. The van der Waals surface area contributed by atoms with Crippen LogP contribution in [0.5, 0.6) is 0 Å². The van der Waals surface area contributed by atoms with Gasteiger partial charge in [-0.15, -0.1) is 0 Å². The molecular formula is C16H25N3O. The lowest BCUT2D eigenvalue weighted by Crippen LogP contribution is -2.50. The molecule has 0 radical (unpaired) electrons. The summed E-state index contributed by atoms with van der Waals surface area (Å²) in [4.78, 5) is 16.1. The third-order valence-electron chi connectivity index (χ3n) is 4.07. The Balaban J connectivity index is 1.98. The molecule has 20 heavy (non-hydrogen) atoms. The molecule has 4 heteroatoms. The molecule has 0 spiro atoms. The zero-order chi connectivity index (χ0) is 14.4. The Morgan fingerprint density at radius 1 is 1.40 bits per heavy atom. The molecule has 4 nitrogen and oxygen atoms in total. The molecule has 0 unspecified atom stereocenters. The number of nitrogens with two attached hydrogens (primary N) is 1. The number of rotatable bonds is 5. The minimum atomic E-state index is 0.0745. The lowest BCUT2D eigenvalue weighted by atomic mass is 10.0. The van der Waals surface area contributed by atoms with Gasteiger partial charge in [-0.2, -0.15) is 0 Å². The third kappa shape index (κ3) is 3.81. The molecule has 0 bridgehead atoms. The molecule has 1 heterocycles. The molecule has 1 aliphatic rings. The summed E-state index contributed by atoms with van der Waals surface area (Å²) in [5.41, 5.74) is 6.81. The number of hydrogen-bond donors (Lipinski definition) is 1. The van der Waals surface area contributed by atoms with E-state index in [1.54, 1.807) is 0 Å². The van der Waals surface area contributed by atoms with Crippen molar-refractivity contribution in [2.45, 2.75) is 32.4 Å². The number of piperidine rings is 1. The van der Waals surface area contributed by atoms with Gasteiger partial charge in [0.15, 0.2) is 0 Å². The number of benzene rings is 1. The molecule has 0 saturated carbocycles. The van der Waals surface area contributed by atoms with Crippen molar-refractivity contribution in [2.75, 3.05) is 26.2 Å². The van der Waals surface area contributed by atoms with Crippen molar-refractivity contribution in [1.82, 2.24) is 9.80 Å². The van der Waals surface area contributed by atoms with E-state index in [-0.39, 0.29) is 12.5 Å². The van der Waals surface area contributed by atoms with Gasteiger partial charge in [-0.1, -0.05) is 37.3 Å². The maximum atomic E-state index is 11.8. The van der Waals surface area contributed by atoms with E-state index in [2.05, 4.69) is 36.1 Å². The van der Waals surface area contributed by atoms with E-state index in [0.29, 0.717) is 6.04 Å². The van der Waals surface area contributed by atoms with E-state index >= 15 is 0 Å². The predicted molar refractivity (Wildman–Crippen MR) is 81.2 cm³/mol. The van der Waals surface area contributed by atoms with Gasteiger partial charge in [0, 0.05) is 25.7 Å². The zero-order valence-corrected chi connectivity index (χ0v) is 12.3. The number of carbonyl (C=O) groups excluding carboxylic acids is 1. The molecule has 1 amide bonds. The van der Waals surface area contributed by atoms with Crippen LogP contribution in [0.25, 0.3) is 0 Å². The Morgan fingerprint density at radius 3 is 2.80 bits per heavy atom. The van der Waals surface area contributed by atoms with Crippen LogP contribution in [-0.4, -0.2) is 47.9 Å². The highest BCUT2D eigenvalue weighted by Crippen LogP contribution is 2.18. The molecule has 1 aliphatic heterocycles. The largest absolute Gasteiger partial charge is 0.340 e. The van der Waals surface area contributed by atoms with Gasteiger partial charge in [0.25, 0.3) is 0 Å². The summed E-state index contributed by atoms with van der Waals surface area (Å²) in [6, 6.07) is 11.0. The highest BCUT2D eigenvalue weighted by molar-refractivity contribution is 5.78. The molecule has 1 aromatic carbocycles. The fourth-order valence-corrected chi connectivity index (χ4v) is 2.93. The number of carbonyl (C=O) groups is 1. The Kier molecular flexibility index (Phi) is 5.56. The summed E-state index contributed by atoms with van der Waals surface area (Å²) in [6.07, 6.45) is 2.23. The van der Waals surface area contributed by atoms with Gasteiger partial charge >= 0.3 is 0 Å². The second-order valence-electron chi connectivity index (χ2n) is 5.39. The summed E-state index contributed by atoms with van der Waals surface area (Å²) in [7, 11) is 0. The summed E-state index contributed by atoms with van der Waals surface area (Å²) in [5.74, 6) is 0.0745. The quantitative estimate of drug-likeness (QED) is 0.885. The van der Waals surface area contributed by atoms with E-state index in [9.17, 15) is 4.79 Å². The van der Waals surface area contributed by atoms with Gasteiger partial charge in [-0.3, -0.25) is 9.69 Å². The highest BCUT2D eigenvalue weighted by atomic mass is 16.2. The van der Waals surface area contributed by atoms with Gasteiger partial charge in [0.1, 0.15) is 0 Å². The summed E-state index contributed by atoms with van der Waals surface area (Å²) in [5, 5.41) is 0. The van der Waals surface area contributed by atoms with Crippen molar-refractivity contribution in [3.63, 3.8) is 0 Å². The van der Waals surface area contributed by atoms with E-state index in [1.165, 1.54) is 5.56 Å². The van der Waals surface area contributed by atoms with E-state index in [1.807, 2.05) is 11.0 Å². The zero-order valence-electron chi connectivity index (χ0n) is 12.3. The van der Waals surface area contributed by atoms with Gasteiger partial charge in [0.05, 0.1) is 6.54 Å². The monoisotopic (exact) mass is 275 g/mol. The molecule has 1 fully saturated rings. The van der Waals surface area contributed by atoms with Crippen LogP contribution in [0.4, 0.5) is 0 Å². The molecule has 110 valence electrons. The van der Waals surface area contributed by atoms with E-state index in [4.69, 9.17) is 5.73 Å². The van der Waals surface area contributed by atoms with Crippen molar-refractivity contribution in [3.8, 4) is 0 Å². The number of likely N-dealkylation sites (N-methyl/N-ethyl adjacent to an activating group) is 1. The summed E-state index contributed by atoms with van der Waals surface area (Å²) >= 11 is 0. The second kappa shape index (κ2) is 7.41. The Hall–Kier alpha value is -1.39. The molecule has 0 aromatic heterocycles. The maximum absolute atomic E-state index is 11.8. The van der Waals surface area contributed by atoms with Crippen LogP contribution in [-0.2, 0) is 11.3 Å². The van der Waals surface area contributed by atoms with Crippen molar-refractivity contribution >= 4 is 5.91 Å². The van der Waals surface area contributed by atoms with Gasteiger partial charge in [-0.05, 0) is 24.9 Å². The number of hydrogen-bond acceptors (Lipinski definition) is 3. The Labute approximate surface area is 121 Å². The van der Waals surface area contributed by atoms with Crippen LogP contribution in [0, 0.1) is 0 Å². The first kappa shape index (κ1) is 15.0. The summed E-state index contributed by atoms with van der Waals surface area (Å²) < 4.78 is 0. The van der Waals surface area contributed by atoms with Crippen LogP contribution in [0.1, 0.15) is 25.3 Å². The second-order valence-corrected chi connectivity index (χ2v) is 5.39.